The Morgan fingerprint density at radius 3 is 2.38 bits per heavy atom. The average molecular weight is 491 g/mol. The Morgan fingerprint density at radius 1 is 0.946 bits per heavy atom. The highest BCUT2D eigenvalue weighted by molar-refractivity contribution is 6.17. The molecule has 184 valence electrons. The first-order chi connectivity index (χ1) is 17.8. The second-order valence-electron chi connectivity index (χ2n) is 9.88. The summed E-state index contributed by atoms with van der Waals surface area (Å²) in [6.07, 6.45) is 1.64. The third kappa shape index (κ3) is 3.02. The Hall–Kier alpha value is -4.45. The molecule has 2 aliphatic rings. The molecule has 37 heavy (non-hydrogen) atoms. The van der Waals surface area contributed by atoms with Gasteiger partial charge in [0.25, 0.3) is 11.8 Å². The smallest absolute Gasteiger partial charge is 0.291 e. The van der Waals surface area contributed by atoms with Crippen molar-refractivity contribution in [2.45, 2.75) is 32.9 Å². The molecule has 1 atom stereocenters. The molecule has 1 unspecified atom stereocenters. The molecule has 1 spiro atoms. The van der Waals surface area contributed by atoms with E-state index in [0.29, 0.717) is 22.2 Å². The monoisotopic (exact) mass is 490 g/mol. The van der Waals surface area contributed by atoms with E-state index in [1.54, 1.807) is 23.1 Å². The first-order valence-corrected chi connectivity index (χ1v) is 12.3. The average Bonchev–Trinajstić information content (AvgIpc) is 3.27. The maximum Gasteiger partial charge on any atom is 0.291 e. The van der Waals surface area contributed by atoms with Crippen LogP contribution in [0.25, 0.3) is 11.0 Å². The Balaban J connectivity index is 1.71. The van der Waals surface area contributed by atoms with Gasteiger partial charge in [0, 0.05) is 18.7 Å². The first-order valence-electron chi connectivity index (χ1n) is 12.3. The van der Waals surface area contributed by atoms with Gasteiger partial charge in [-0.3, -0.25) is 14.4 Å². The van der Waals surface area contributed by atoms with Crippen LogP contribution in [0.3, 0.4) is 0 Å². The molecule has 4 aromatic rings. The maximum atomic E-state index is 14.5. The predicted molar refractivity (Wildman–Crippen MR) is 143 cm³/mol. The fourth-order valence-electron chi connectivity index (χ4n) is 5.65. The number of carbonyl (C=O) groups is 2. The molecule has 6 heteroatoms. The summed E-state index contributed by atoms with van der Waals surface area (Å²) in [5.74, 6) is -0.906. The topological polar surface area (TPSA) is 70.8 Å². The lowest BCUT2D eigenvalue weighted by Crippen LogP contribution is -2.53. The molecule has 0 saturated heterocycles. The number of anilines is 1. The van der Waals surface area contributed by atoms with Crippen LogP contribution < -0.4 is 10.3 Å². The minimum absolute atomic E-state index is 0.0727. The van der Waals surface area contributed by atoms with Crippen LogP contribution >= 0.6 is 0 Å². The zero-order valence-electron chi connectivity index (χ0n) is 21.0. The van der Waals surface area contributed by atoms with E-state index in [4.69, 9.17) is 4.42 Å². The van der Waals surface area contributed by atoms with E-state index in [0.717, 1.165) is 22.3 Å². The Kier molecular flexibility index (Phi) is 4.99. The zero-order chi connectivity index (χ0) is 26.1. The van der Waals surface area contributed by atoms with Gasteiger partial charge in [-0.25, -0.2) is 0 Å². The molecule has 0 N–H and O–H groups in total. The SMILES string of the molecule is C=CCN1C(=O)C2(c3ccccc31)c1c(oc3cc(C)c(C)cc3c1=O)C(=O)N2Cc1ccc(C)cc1. The highest BCUT2D eigenvalue weighted by Gasteiger charge is 2.64. The van der Waals surface area contributed by atoms with Crippen molar-refractivity contribution in [1.29, 1.82) is 0 Å². The van der Waals surface area contributed by atoms with Gasteiger partial charge in [0.1, 0.15) is 5.58 Å². The van der Waals surface area contributed by atoms with E-state index < -0.39 is 11.4 Å². The van der Waals surface area contributed by atoms with E-state index in [2.05, 4.69) is 6.58 Å². The summed E-state index contributed by atoms with van der Waals surface area (Å²) >= 11 is 0. The molecule has 6 nitrogen and oxygen atoms in total. The fourth-order valence-corrected chi connectivity index (χ4v) is 5.65. The van der Waals surface area contributed by atoms with Crippen molar-refractivity contribution in [1.82, 2.24) is 4.90 Å². The van der Waals surface area contributed by atoms with Crippen LogP contribution in [0.2, 0.25) is 0 Å². The van der Waals surface area contributed by atoms with Crippen LogP contribution in [0.4, 0.5) is 5.69 Å². The number of para-hydroxylation sites is 1. The Labute approximate surface area is 214 Å². The zero-order valence-corrected chi connectivity index (χ0v) is 21.0. The van der Waals surface area contributed by atoms with Crippen molar-refractivity contribution in [3.63, 3.8) is 0 Å². The van der Waals surface area contributed by atoms with Gasteiger partial charge in [0.05, 0.1) is 16.6 Å². The summed E-state index contributed by atoms with van der Waals surface area (Å²) in [5, 5.41) is 0.360. The molecule has 0 saturated carbocycles. The first kappa shape index (κ1) is 23.0. The second kappa shape index (κ2) is 8.03. The molecule has 0 radical (unpaired) electrons. The van der Waals surface area contributed by atoms with Gasteiger partial charge < -0.3 is 14.2 Å². The number of amides is 2. The molecule has 0 bridgehead atoms. The van der Waals surface area contributed by atoms with Crippen molar-refractivity contribution in [3.05, 3.63) is 123 Å². The lowest BCUT2D eigenvalue weighted by atomic mass is 9.83. The number of hydrogen-bond donors (Lipinski definition) is 0. The van der Waals surface area contributed by atoms with Gasteiger partial charge >= 0.3 is 0 Å². The van der Waals surface area contributed by atoms with Crippen molar-refractivity contribution in [2.75, 3.05) is 11.4 Å². The quantitative estimate of drug-likeness (QED) is 0.371. The third-order valence-corrected chi connectivity index (χ3v) is 7.63. The van der Waals surface area contributed by atoms with Crippen molar-refractivity contribution in [2.24, 2.45) is 0 Å². The lowest BCUT2D eigenvalue weighted by Gasteiger charge is -2.34. The standard InChI is InChI=1S/C31H26N2O4/c1-5-14-32-24-9-7-6-8-23(24)31(30(32)36)26-27(34)22-15-19(3)20(4)16-25(22)37-28(26)29(35)33(31)17-21-12-10-18(2)11-13-21/h5-13,15-16H,1,14,17H2,2-4H3. The summed E-state index contributed by atoms with van der Waals surface area (Å²) in [5.41, 5.74) is 3.50. The van der Waals surface area contributed by atoms with Crippen LogP contribution in [-0.2, 0) is 16.9 Å². The summed E-state index contributed by atoms with van der Waals surface area (Å²) < 4.78 is 6.18. The van der Waals surface area contributed by atoms with Gasteiger partial charge in [-0.2, -0.15) is 0 Å². The van der Waals surface area contributed by atoms with Gasteiger partial charge in [-0.15, -0.1) is 6.58 Å². The van der Waals surface area contributed by atoms with Crippen LogP contribution in [0.1, 0.15) is 43.9 Å². The van der Waals surface area contributed by atoms with Crippen LogP contribution in [0.15, 0.2) is 82.5 Å². The van der Waals surface area contributed by atoms with E-state index in [1.165, 1.54) is 4.90 Å². The molecule has 0 fully saturated rings. The number of nitrogens with zero attached hydrogens (tertiary/aromatic N) is 2. The van der Waals surface area contributed by atoms with Crippen molar-refractivity contribution >= 4 is 28.5 Å². The molecule has 2 aliphatic heterocycles. The van der Waals surface area contributed by atoms with Gasteiger partial charge in [0.15, 0.2) is 11.0 Å². The number of fused-ring (bicyclic) bond motifs is 5. The van der Waals surface area contributed by atoms with E-state index in [9.17, 15) is 14.4 Å². The Bertz CT molecular complexity index is 1700. The molecule has 3 aromatic carbocycles. The molecule has 1 aromatic heterocycles. The number of benzene rings is 3. The highest BCUT2D eigenvalue weighted by Crippen LogP contribution is 2.53. The minimum Gasteiger partial charge on any atom is -0.450 e. The third-order valence-electron chi connectivity index (χ3n) is 7.63. The molecular weight excluding hydrogens is 464 g/mol. The normalized spacial score (nSPS) is 18.1. The van der Waals surface area contributed by atoms with E-state index in [1.807, 2.05) is 69.3 Å². The number of rotatable bonds is 4. The van der Waals surface area contributed by atoms with E-state index in [-0.39, 0.29) is 35.7 Å². The molecule has 2 amide bonds. The molecule has 3 heterocycles. The van der Waals surface area contributed by atoms with Crippen molar-refractivity contribution < 1.29 is 14.0 Å². The van der Waals surface area contributed by atoms with Crippen LogP contribution in [0.5, 0.6) is 0 Å². The number of carbonyl (C=O) groups excluding carboxylic acids is 2. The number of aryl methyl sites for hydroxylation is 3. The maximum absolute atomic E-state index is 14.5. The fraction of sp³-hybridized carbons (Fsp3) is 0.194. The lowest BCUT2D eigenvalue weighted by molar-refractivity contribution is -0.126. The number of hydrogen-bond acceptors (Lipinski definition) is 4. The molecular formula is C31H26N2O4. The molecule has 0 aliphatic carbocycles. The second-order valence-corrected chi connectivity index (χ2v) is 9.88. The van der Waals surface area contributed by atoms with Gasteiger partial charge in [0.2, 0.25) is 5.76 Å². The summed E-state index contributed by atoms with van der Waals surface area (Å²) in [6.45, 7) is 10.1. The Morgan fingerprint density at radius 2 is 1.65 bits per heavy atom. The summed E-state index contributed by atoms with van der Waals surface area (Å²) in [7, 11) is 0. The summed E-state index contributed by atoms with van der Waals surface area (Å²) in [4.78, 5) is 45.9. The van der Waals surface area contributed by atoms with Gasteiger partial charge in [-0.05, 0) is 55.7 Å². The van der Waals surface area contributed by atoms with Crippen LogP contribution in [0, 0.1) is 20.8 Å². The van der Waals surface area contributed by atoms with Crippen LogP contribution in [-0.4, -0.2) is 23.3 Å². The largest absolute Gasteiger partial charge is 0.450 e. The highest BCUT2D eigenvalue weighted by atomic mass is 16.3. The minimum atomic E-state index is -1.63. The molecule has 6 rings (SSSR count). The predicted octanol–water partition coefficient (Wildman–Crippen LogP) is 5.15. The van der Waals surface area contributed by atoms with Gasteiger partial charge in [-0.1, -0.05) is 54.1 Å². The summed E-state index contributed by atoms with van der Waals surface area (Å²) in [6, 6.07) is 18.7. The van der Waals surface area contributed by atoms with E-state index >= 15 is 0 Å². The van der Waals surface area contributed by atoms with Crippen molar-refractivity contribution in [3.8, 4) is 0 Å².